The van der Waals surface area contributed by atoms with Crippen LogP contribution in [0.4, 0.5) is 0 Å². The van der Waals surface area contributed by atoms with Gasteiger partial charge < -0.3 is 9.52 Å². The molecule has 1 N–H and O–H groups in total. The molecular weight excluding hydrogens is 194 g/mol. The Morgan fingerprint density at radius 2 is 2.20 bits per heavy atom. The minimum Gasteiger partial charge on any atom is -0.475 e. The fourth-order valence-corrected chi connectivity index (χ4v) is 1.37. The predicted molar refractivity (Wildman–Crippen MR) is 53.6 cm³/mol. The number of pyridine rings is 1. The van der Waals surface area contributed by atoms with Gasteiger partial charge in [-0.1, -0.05) is 6.07 Å². The van der Waals surface area contributed by atoms with Gasteiger partial charge in [0.05, 0.1) is 17.5 Å². The average molecular weight is 203 g/mol. The molecule has 0 saturated heterocycles. The minimum atomic E-state index is -1.08. The molecule has 2 heterocycles. The lowest BCUT2D eigenvalue weighted by Gasteiger charge is -1.99. The number of nitrogens with zero attached hydrogens (tertiary/aromatic N) is 1. The maximum Gasteiger partial charge on any atom is 0.372 e. The minimum absolute atomic E-state index is 0.0758. The smallest absolute Gasteiger partial charge is 0.372 e. The Labute approximate surface area is 86.2 Å². The molecule has 0 aliphatic carbocycles. The van der Waals surface area contributed by atoms with Crippen molar-refractivity contribution in [2.45, 2.75) is 6.92 Å². The molecule has 0 aliphatic heterocycles. The van der Waals surface area contributed by atoms with Crippen LogP contribution in [0.2, 0.25) is 0 Å². The third-order valence-corrected chi connectivity index (χ3v) is 2.02. The van der Waals surface area contributed by atoms with E-state index in [-0.39, 0.29) is 5.76 Å². The summed E-state index contributed by atoms with van der Waals surface area (Å²) in [5.41, 5.74) is 1.96. The molecule has 15 heavy (non-hydrogen) atoms. The molecule has 0 spiro atoms. The third-order valence-electron chi connectivity index (χ3n) is 2.02. The van der Waals surface area contributed by atoms with Crippen molar-refractivity contribution in [3.63, 3.8) is 0 Å². The van der Waals surface area contributed by atoms with Crippen molar-refractivity contribution in [2.75, 3.05) is 0 Å². The van der Waals surface area contributed by atoms with Crippen LogP contribution in [0.3, 0.4) is 0 Å². The second kappa shape index (κ2) is 3.57. The highest BCUT2D eigenvalue weighted by Crippen LogP contribution is 2.23. The van der Waals surface area contributed by atoms with Crippen LogP contribution in [0.1, 0.15) is 16.2 Å². The van der Waals surface area contributed by atoms with E-state index in [1.54, 1.807) is 12.1 Å². The molecule has 0 radical (unpaired) electrons. The fourth-order valence-electron chi connectivity index (χ4n) is 1.37. The van der Waals surface area contributed by atoms with Crippen LogP contribution < -0.4 is 0 Å². The SMILES string of the molecule is Cc1cccc(-c2ccoc2C(=O)O)n1. The third kappa shape index (κ3) is 1.74. The molecular formula is C11H9NO3. The number of hydrogen-bond acceptors (Lipinski definition) is 3. The van der Waals surface area contributed by atoms with E-state index in [1.165, 1.54) is 6.26 Å². The lowest BCUT2D eigenvalue weighted by atomic mass is 10.1. The Hall–Kier alpha value is -2.10. The van der Waals surface area contributed by atoms with E-state index in [1.807, 2.05) is 19.1 Å². The molecule has 2 rings (SSSR count). The van der Waals surface area contributed by atoms with E-state index in [4.69, 9.17) is 9.52 Å². The van der Waals surface area contributed by atoms with Gasteiger partial charge in [-0.2, -0.15) is 0 Å². The van der Waals surface area contributed by atoms with Crippen molar-refractivity contribution in [3.05, 3.63) is 42.0 Å². The Balaban J connectivity index is 2.54. The summed E-state index contributed by atoms with van der Waals surface area (Å²) in [4.78, 5) is 15.1. The van der Waals surface area contributed by atoms with E-state index in [2.05, 4.69) is 4.98 Å². The van der Waals surface area contributed by atoms with Gasteiger partial charge in [-0.25, -0.2) is 4.79 Å². The molecule has 0 fully saturated rings. The van der Waals surface area contributed by atoms with E-state index in [0.717, 1.165) is 5.69 Å². The molecule has 0 unspecified atom stereocenters. The monoisotopic (exact) mass is 203 g/mol. The number of hydrogen-bond donors (Lipinski definition) is 1. The molecule has 2 aromatic heterocycles. The zero-order valence-electron chi connectivity index (χ0n) is 8.10. The van der Waals surface area contributed by atoms with E-state index < -0.39 is 5.97 Å². The molecule has 4 heteroatoms. The second-order valence-corrected chi connectivity index (χ2v) is 3.13. The van der Waals surface area contributed by atoms with Crippen LogP contribution in [0.25, 0.3) is 11.3 Å². The second-order valence-electron chi connectivity index (χ2n) is 3.13. The van der Waals surface area contributed by atoms with Crippen molar-refractivity contribution in [1.29, 1.82) is 0 Å². The summed E-state index contributed by atoms with van der Waals surface area (Å²) in [6.07, 6.45) is 1.35. The maximum absolute atomic E-state index is 10.8. The zero-order valence-corrected chi connectivity index (χ0v) is 8.10. The zero-order chi connectivity index (χ0) is 10.8. The number of aromatic carboxylic acids is 1. The highest BCUT2D eigenvalue weighted by atomic mass is 16.4. The summed E-state index contributed by atoms with van der Waals surface area (Å²) in [6.45, 7) is 1.85. The van der Waals surface area contributed by atoms with Crippen LogP contribution in [0.15, 0.2) is 34.9 Å². The number of carboxylic acids is 1. The van der Waals surface area contributed by atoms with Gasteiger partial charge in [-0.05, 0) is 25.1 Å². The summed E-state index contributed by atoms with van der Waals surface area (Å²) >= 11 is 0. The average Bonchev–Trinajstić information content (AvgIpc) is 2.65. The van der Waals surface area contributed by atoms with Crippen LogP contribution in [-0.2, 0) is 0 Å². The van der Waals surface area contributed by atoms with Gasteiger partial charge in [0.2, 0.25) is 5.76 Å². The molecule has 0 bridgehead atoms. The van der Waals surface area contributed by atoms with Gasteiger partial charge >= 0.3 is 5.97 Å². The highest BCUT2D eigenvalue weighted by Gasteiger charge is 2.16. The quantitative estimate of drug-likeness (QED) is 0.813. The molecule has 2 aromatic rings. The van der Waals surface area contributed by atoms with Crippen molar-refractivity contribution in [1.82, 2.24) is 4.98 Å². The van der Waals surface area contributed by atoms with Crippen molar-refractivity contribution in [3.8, 4) is 11.3 Å². The number of aryl methyl sites for hydroxylation is 1. The summed E-state index contributed by atoms with van der Waals surface area (Å²) in [5.74, 6) is -1.16. The van der Waals surface area contributed by atoms with E-state index in [0.29, 0.717) is 11.3 Å². The first-order chi connectivity index (χ1) is 7.18. The predicted octanol–water partition coefficient (Wildman–Crippen LogP) is 2.35. The number of carbonyl (C=O) groups is 1. The Bertz CT molecular complexity index is 502. The van der Waals surface area contributed by atoms with E-state index >= 15 is 0 Å². The molecule has 76 valence electrons. The molecule has 0 saturated carbocycles. The Morgan fingerprint density at radius 3 is 2.87 bits per heavy atom. The first kappa shape index (κ1) is 9.45. The van der Waals surface area contributed by atoms with Gasteiger partial charge in [-0.3, -0.25) is 4.98 Å². The van der Waals surface area contributed by atoms with Gasteiger partial charge in [0.25, 0.3) is 0 Å². The van der Waals surface area contributed by atoms with Gasteiger partial charge in [-0.15, -0.1) is 0 Å². The van der Waals surface area contributed by atoms with Crippen molar-refractivity contribution in [2.24, 2.45) is 0 Å². The normalized spacial score (nSPS) is 10.2. The molecule has 4 nitrogen and oxygen atoms in total. The maximum atomic E-state index is 10.8. The lowest BCUT2D eigenvalue weighted by molar-refractivity contribution is 0.0663. The number of carboxylic acid groups (broad SMARTS) is 1. The first-order valence-corrected chi connectivity index (χ1v) is 4.43. The standard InChI is InChI=1S/C11H9NO3/c1-7-3-2-4-9(12-7)8-5-6-15-10(8)11(13)14/h2-6H,1H3,(H,13,14). The van der Waals surface area contributed by atoms with Crippen LogP contribution >= 0.6 is 0 Å². The van der Waals surface area contributed by atoms with Crippen LogP contribution in [0, 0.1) is 6.92 Å². The topological polar surface area (TPSA) is 63.3 Å². The van der Waals surface area contributed by atoms with Gasteiger partial charge in [0.15, 0.2) is 0 Å². The van der Waals surface area contributed by atoms with Crippen LogP contribution in [0.5, 0.6) is 0 Å². The number of furan rings is 1. The first-order valence-electron chi connectivity index (χ1n) is 4.43. The molecule has 0 aromatic carbocycles. The summed E-state index contributed by atoms with van der Waals surface area (Å²) in [6, 6.07) is 7.04. The van der Waals surface area contributed by atoms with E-state index in [9.17, 15) is 4.79 Å². The van der Waals surface area contributed by atoms with Crippen molar-refractivity contribution < 1.29 is 14.3 Å². The number of aromatic nitrogens is 1. The molecule has 0 amide bonds. The Kier molecular flexibility index (Phi) is 2.25. The molecule has 0 atom stereocenters. The van der Waals surface area contributed by atoms with Crippen LogP contribution in [-0.4, -0.2) is 16.1 Å². The summed E-state index contributed by atoms with van der Waals surface area (Å²) < 4.78 is 4.88. The largest absolute Gasteiger partial charge is 0.475 e. The number of rotatable bonds is 2. The Morgan fingerprint density at radius 1 is 1.40 bits per heavy atom. The van der Waals surface area contributed by atoms with Gasteiger partial charge in [0, 0.05) is 5.69 Å². The molecule has 0 aliphatic rings. The van der Waals surface area contributed by atoms with Crippen molar-refractivity contribution >= 4 is 5.97 Å². The summed E-state index contributed by atoms with van der Waals surface area (Å²) in [5, 5.41) is 8.86. The summed E-state index contributed by atoms with van der Waals surface area (Å²) in [7, 11) is 0. The lowest BCUT2D eigenvalue weighted by Crippen LogP contribution is -1.97. The van der Waals surface area contributed by atoms with Gasteiger partial charge in [0.1, 0.15) is 0 Å². The fraction of sp³-hybridized carbons (Fsp3) is 0.0909. The highest BCUT2D eigenvalue weighted by molar-refractivity contribution is 5.92.